The Morgan fingerprint density at radius 2 is 1.89 bits per heavy atom. The molecule has 0 radical (unpaired) electrons. The molecule has 0 saturated carbocycles. The summed E-state index contributed by atoms with van der Waals surface area (Å²) in [6, 6.07) is 15.4. The van der Waals surface area contributed by atoms with Gasteiger partial charge in [0.05, 0.1) is 11.4 Å². The maximum atomic E-state index is 12.2. The Kier molecular flexibility index (Phi) is 6.54. The van der Waals surface area contributed by atoms with Gasteiger partial charge in [-0.25, -0.2) is 9.97 Å². The summed E-state index contributed by atoms with van der Waals surface area (Å²) in [6.07, 6.45) is 1.59. The zero-order valence-corrected chi connectivity index (χ0v) is 15.7. The van der Waals surface area contributed by atoms with E-state index in [2.05, 4.69) is 20.0 Å². The fourth-order valence-electron chi connectivity index (χ4n) is 2.41. The molecule has 0 unspecified atom stereocenters. The lowest BCUT2D eigenvalue weighted by molar-refractivity contribution is -0.113. The van der Waals surface area contributed by atoms with Crippen molar-refractivity contribution in [1.82, 2.24) is 9.97 Å². The number of hydrogen-bond acceptors (Lipinski definition) is 5. The number of thioether (sulfide) groups is 1. The molecule has 1 N–H and O–H groups in total. The standard InChI is InChI=1S/C20H17F2N3O2S/c1-13-4-2-3-5-16(13)24-18(26)12-28-20-23-11-10-17(25-20)14-6-8-15(9-7-14)27-19(21)22/h2-11,19H,12H2,1H3,(H,24,26). The number of alkyl halides is 2. The summed E-state index contributed by atoms with van der Waals surface area (Å²) in [5, 5.41) is 3.31. The van der Waals surface area contributed by atoms with E-state index in [1.165, 1.54) is 23.9 Å². The van der Waals surface area contributed by atoms with E-state index < -0.39 is 6.61 Å². The number of aromatic nitrogens is 2. The van der Waals surface area contributed by atoms with E-state index in [-0.39, 0.29) is 17.4 Å². The maximum absolute atomic E-state index is 12.2. The van der Waals surface area contributed by atoms with Crippen molar-refractivity contribution in [3.05, 3.63) is 66.4 Å². The number of para-hydroxylation sites is 1. The molecular weight excluding hydrogens is 384 g/mol. The lowest BCUT2D eigenvalue weighted by Crippen LogP contribution is -2.15. The van der Waals surface area contributed by atoms with Gasteiger partial charge in [-0.2, -0.15) is 8.78 Å². The Labute approximate surface area is 165 Å². The average molecular weight is 401 g/mol. The smallest absolute Gasteiger partial charge is 0.387 e. The molecule has 0 bridgehead atoms. The largest absolute Gasteiger partial charge is 0.435 e. The SMILES string of the molecule is Cc1ccccc1NC(=O)CSc1nccc(-c2ccc(OC(F)F)cc2)n1. The first-order valence-corrected chi connectivity index (χ1v) is 9.36. The van der Waals surface area contributed by atoms with Crippen molar-refractivity contribution < 1.29 is 18.3 Å². The average Bonchev–Trinajstić information content (AvgIpc) is 2.69. The molecule has 0 fully saturated rings. The third-order valence-electron chi connectivity index (χ3n) is 3.76. The lowest BCUT2D eigenvalue weighted by atomic mass is 10.1. The topological polar surface area (TPSA) is 64.1 Å². The molecule has 3 rings (SSSR count). The second-order valence-corrected chi connectivity index (χ2v) is 6.72. The van der Waals surface area contributed by atoms with Gasteiger partial charge in [-0.15, -0.1) is 0 Å². The molecule has 28 heavy (non-hydrogen) atoms. The van der Waals surface area contributed by atoms with Crippen molar-refractivity contribution in [3.63, 3.8) is 0 Å². The first-order chi connectivity index (χ1) is 13.5. The number of rotatable bonds is 7. The van der Waals surface area contributed by atoms with Crippen LogP contribution >= 0.6 is 11.8 Å². The molecule has 0 aliphatic heterocycles. The number of nitrogens with zero attached hydrogens (tertiary/aromatic N) is 2. The zero-order valence-electron chi connectivity index (χ0n) is 14.9. The van der Waals surface area contributed by atoms with Crippen LogP contribution in [-0.2, 0) is 4.79 Å². The number of anilines is 1. The van der Waals surface area contributed by atoms with Gasteiger partial charge in [-0.3, -0.25) is 4.79 Å². The number of ether oxygens (including phenoxy) is 1. The summed E-state index contributed by atoms with van der Waals surface area (Å²) >= 11 is 1.22. The van der Waals surface area contributed by atoms with Crippen LogP contribution in [0, 0.1) is 6.92 Å². The van der Waals surface area contributed by atoms with E-state index in [4.69, 9.17) is 0 Å². The highest BCUT2D eigenvalue weighted by atomic mass is 32.2. The van der Waals surface area contributed by atoms with Crippen LogP contribution in [0.25, 0.3) is 11.3 Å². The molecule has 1 amide bonds. The number of hydrogen-bond donors (Lipinski definition) is 1. The quantitative estimate of drug-likeness (QED) is 0.456. The normalized spacial score (nSPS) is 10.7. The Morgan fingerprint density at radius 3 is 2.61 bits per heavy atom. The van der Waals surface area contributed by atoms with Gasteiger partial charge >= 0.3 is 6.61 Å². The summed E-state index contributed by atoms with van der Waals surface area (Å²) in [5.41, 5.74) is 3.11. The van der Waals surface area contributed by atoms with Crippen LogP contribution in [0.5, 0.6) is 5.75 Å². The number of halogens is 2. The molecule has 144 valence electrons. The number of carbonyl (C=O) groups excluding carboxylic acids is 1. The van der Waals surface area contributed by atoms with Crippen molar-refractivity contribution in [2.24, 2.45) is 0 Å². The fraction of sp³-hybridized carbons (Fsp3) is 0.150. The van der Waals surface area contributed by atoms with Gasteiger partial charge < -0.3 is 10.1 Å². The molecule has 0 saturated heterocycles. The van der Waals surface area contributed by atoms with Gasteiger partial charge in [0, 0.05) is 17.4 Å². The van der Waals surface area contributed by atoms with Gasteiger partial charge in [0.1, 0.15) is 5.75 Å². The fourth-order valence-corrected chi connectivity index (χ4v) is 3.04. The molecule has 0 spiro atoms. The van der Waals surface area contributed by atoms with Crippen molar-refractivity contribution in [1.29, 1.82) is 0 Å². The minimum absolute atomic E-state index is 0.0790. The molecule has 0 aliphatic rings. The molecule has 8 heteroatoms. The molecule has 0 atom stereocenters. The highest BCUT2D eigenvalue weighted by molar-refractivity contribution is 7.99. The van der Waals surface area contributed by atoms with Crippen molar-refractivity contribution in [2.45, 2.75) is 18.7 Å². The van der Waals surface area contributed by atoms with Gasteiger partial charge in [-0.1, -0.05) is 30.0 Å². The lowest BCUT2D eigenvalue weighted by Gasteiger charge is -2.08. The van der Waals surface area contributed by atoms with Crippen LogP contribution in [0.15, 0.2) is 66.0 Å². The summed E-state index contributed by atoms with van der Waals surface area (Å²) < 4.78 is 28.8. The molecule has 2 aromatic carbocycles. The predicted octanol–water partition coefficient (Wildman–Crippen LogP) is 4.78. The van der Waals surface area contributed by atoms with Gasteiger partial charge in [-0.05, 0) is 48.9 Å². The first-order valence-electron chi connectivity index (χ1n) is 8.38. The number of aryl methyl sites for hydroxylation is 1. The van der Waals surface area contributed by atoms with Crippen LogP contribution in [0.1, 0.15) is 5.56 Å². The van der Waals surface area contributed by atoms with E-state index in [0.29, 0.717) is 10.9 Å². The zero-order chi connectivity index (χ0) is 19.9. The Morgan fingerprint density at radius 1 is 1.14 bits per heavy atom. The molecular formula is C20H17F2N3O2S. The summed E-state index contributed by atoms with van der Waals surface area (Å²) in [4.78, 5) is 20.7. The second-order valence-electron chi connectivity index (χ2n) is 5.78. The van der Waals surface area contributed by atoms with Crippen LogP contribution < -0.4 is 10.1 Å². The molecule has 1 heterocycles. The third-order valence-corrected chi connectivity index (χ3v) is 4.62. The maximum Gasteiger partial charge on any atom is 0.387 e. The van der Waals surface area contributed by atoms with Crippen LogP contribution in [-0.4, -0.2) is 28.2 Å². The monoisotopic (exact) mass is 401 g/mol. The van der Waals surface area contributed by atoms with E-state index >= 15 is 0 Å². The van der Waals surface area contributed by atoms with E-state index in [1.54, 1.807) is 24.4 Å². The highest BCUT2D eigenvalue weighted by Gasteiger charge is 2.09. The van der Waals surface area contributed by atoms with E-state index in [9.17, 15) is 13.6 Å². The van der Waals surface area contributed by atoms with Crippen LogP contribution in [0.3, 0.4) is 0 Å². The van der Waals surface area contributed by atoms with Crippen molar-refractivity contribution >= 4 is 23.4 Å². The van der Waals surface area contributed by atoms with Gasteiger partial charge in [0.2, 0.25) is 5.91 Å². The summed E-state index contributed by atoms with van der Waals surface area (Å²) in [6.45, 7) is -0.939. The van der Waals surface area contributed by atoms with Crippen LogP contribution in [0.4, 0.5) is 14.5 Å². The Bertz CT molecular complexity index is 952. The van der Waals surface area contributed by atoms with Gasteiger partial charge in [0.25, 0.3) is 0 Å². The molecule has 1 aromatic heterocycles. The number of amides is 1. The Balaban J connectivity index is 1.62. The first kappa shape index (κ1) is 19.8. The minimum atomic E-state index is -2.86. The number of carbonyl (C=O) groups is 1. The predicted molar refractivity (Wildman–Crippen MR) is 105 cm³/mol. The number of benzene rings is 2. The summed E-state index contributed by atoms with van der Waals surface area (Å²) in [5.74, 6) is 0.0935. The van der Waals surface area contributed by atoms with Gasteiger partial charge in [0.15, 0.2) is 5.16 Å². The highest BCUT2D eigenvalue weighted by Crippen LogP contribution is 2.23. The summed E-state index contributed by atoms with van der Waals surface area (Å²) in [7, 11) is 0. The minimum Gasteiger partial charge on any atom is -0.435 e. The molecule has 5 nitrogen and oxygen atoms in total. The third kappa shape index (κ3) is 5.50. The van der Waals surface area contributed by atoms with Crippen molar-refractivity contribution in [2.75, 3.05) is 11.1 Å². The van der Waals surface area contributed by atoms with Crippen molar-refractivity contribution in [3.8, 4) is 17.0 Å². The van der Waals surface area contributed by atoms with E-state index in [1.807, 2.05) is 31.2 Å². The van der Waals surface area contributed by atoms with Crippen LogP contribution in [0.2, 0.25) is 0 Å². The second kappa shape index (κ2) is 9.27. The molecule has 3 aromatic rings. The molecule has 0 aliphatic carbocycles. The number of nitrogens with one attached hydrogen (secondary N) is 1. The van der Waals surface area contributed by atoms with E-state index in [0.717, 1.165) is 16.8 Å². The Hall–Kier alpha value is -3.00.